The summed E-state index contributed by atoms with van der Waals surface area (Å²) in [4.78, 5) is 29.0. The Labute approximate surface area is 198 Å². The molecular weight excluding hydrogens is 467 g/mol. The third kappa shape index (κ3) is 3.61. The fourth-order valence-corrected chi connectivity index (χ4v) is 5.65. The van der Waals surface area contributed by atoms with E-state index in [4.69, 9.17) is 27.9 Å². The van der Waals surface area contributed by atoms with Gasteiger partial charge in [0, 0.05) is 21.3 Å². The SMILES string of the molecule is CC1(C)Cc2c(sc3c2c(=O)n(-c2ccc(Cl)cc2)c(=O)n3Cc2ccccc2Cl)CO1. The highest BCUT2D eigenvalue weighted by Crippen LogP contribution is 2.37. The third-order valence-corrected chi connectivity index (χ3v) is 7.57. The Bertz CT molecular complexity index is 1470. The maximum absolute atomic E-state index is 13.7. The lowest BCUT2D eigenvalue weighted by molar-refractivity contribution is -0.0379. The summed E-state index contributed by atoms with van der Waals surface area (Å²) in [6, 6.07) is 14.1. The molecule has 0 bridgehead atoms. The van der Waals surface area contributed by atoms with E-state index in [1.165, 1.54) is 15.9 Å². The lowest BCUT2D eigenvalue weighted by Crippen LogP contribution is -2.39. The molecule has 2 aromatic heterocycles. The molecule has 0 spiro atoms. The van der Waals surface area contributed by atoms with Crippen molar-refractivity contribution >= 4 is 44.8 Å². The number of hydrogen-bond donors (Lipinski definition) is 0. The van der Waals surface area contributed by atoms with Crippen molar-refractivity contribution in [2.75, 3.05) is 0 Å². The number of ether oxygens (including phenoxy) is 1. The minimum absolute atomic E-state index is 0.256. The van der Waals surface area contributed by atoms with Crippen LogP contribution in [0.1, 0.15) is 29.9 Å². The highest BCUT2D eigenvalue weighted by atomic mass is 35.5. The molecule has 0 radical (unpaired) electrons. The first-order valence-corrected chi connectivity index (χ1v) is 11.8. The van der Waals surface area contributed by atoms with Gasteiger partial charge in [-0.25, -0.2) is 9.36 Å². The molecule has 1 aliphatic rings. The Hall–Kier alpha value is -2.38. The summed E-state index contributed by atoms with van der Waals surface area (Å²) in [6.07, 6.45) is 0.600. The second-order valence-electron chi connectivity index (χ2n) is 8.49. The van der Waals surface area contributed by atoms with Crippen LogP contribution >= 0.6 is 34.5 Å². The lowest BCUT2D eigenvalue weighted by atomic mass is 9.94. The smallest absolute Gasteiger partial charge is 0.337 e. The van der Waals surface area contributed by atoms with Crippen molar-refractivity contribution in [2.24, 2.45) is 0 Å². The van der Waals surface area contributed by atoms with Gasteiger partial charge in [-0.2, -0.15) is 0 Å². The summed E-state index contributed by atoms with van der Waals surface area (Å²) in [5.74, 6) is 0. The molecule has 0 N–H and O–H groups in total. The summed E-state index contributed by atoms with van der Waals surface area (Å²) in [7, 11) is 0. The van der Waals surface area contributed by atoms with E-state index in [9.17, 15) is 9.59 Å². The van der Waals surface area contributed by atoms with Crippen LogP contribution in [0.2, 0.25) is 10.0 Å². The fourth-order valence-electron chi connectivity index (χ4n) is 4.11. The zero-order chi connectivity index (χ0) is 22.6. The van der Waals surface area contributed by atoms with Gasteiger partial charge in [0.1, 0.15) is 4.83 Å². The van der Waals surface area contributed by atoms with E-state index in [0.29, 0.717) is 39.0 Å². The number of benzene rings is 2. The van der Waals surface area contributed by atoms with Crippen molar-refractivity contribution in [3.05, 3.63) is 95.4 Å². The molecule has 1 aliphatic heterocycles. The molecule has 164 valence electrons. The van der Waals surface area contributed by atoms with Gasteiger partial charge in [-0.05, 0) is 55.3 Å². The van der Waals surface area contributed by atoms with E-state index >= 15 is 0 Å². The summed E-state index contributed by atoms with van der Waals surface area (Å²) >= 11 is 13.9. The van der Waals surface area contributed by atoms with Gasteiger partial charge >= 0.3 is 5.69 Å². The molecule has 4 aromatic rings. The Morgan fingerprint density at radius 2 is 1.78 bits per heavy atom. The number of halogens is 2. The first-order valence-electron chi connectivity index (χ1n) is 10.2. The maximum atomic E-state index is 13.7. The number of rotatable bonds is 3. The Kier molecular flexibility index (Phi) is 5.29. The summed E-state index contributed by atoms with van der Waals surface area (Å²) in [5.41, 5.74) is 1.12. The number of fused-ring (bicyclic) bond motifs is 3. The Morgan fingerprint density at radius 1 is 1.06 bits per heavy atom. The molecule has 5 nitrogen and oxygen atoms in total. The van der Waals surface area contributed by atoms with E-state index < -0.39 is 5.69 Å². The van der Waals surface area contributed by atoms with Crippen LogP contribution in [-0.2, 0) is 24.3 Å². The molecule has 3 heterocycles. The molecule has 2 aromatic carbocycles. The second kappa shape index (κ2) is 7.89. The molecule has 0 saturated carbocycles. The molecule has 8 heteroatoms. The van der Waals surface area contributed by atoms with Gasteiger partial charge in [0.25, 0.3) is 5.56 Å². The monoisotopic (exact) mass is 486 g/mol. The van der Waals surface area contributed by atoms with E-state index in [0.717, 1.165) is 16.0 Å². The molecule has 32 heavy (non-hydrogen) atoms. The summed E-state index contributed by atoms with van der Waals surface area (Å²) < 4.78 is 8.84. The first-order chi connectivity index (χ1) is 15.2. The summed E-state index contributed by atoms with van der Waals surface area (Å²) in [5, 5.41) is 1.68. The number of aromatic nitrogens is 2. The van der Waals surface area contributed by atoms with Crippen LogP contribution in [0.15, 0.2) is 58.1 Å². The van der Waals surface area contributed by atoms with Crippen LogP contribution in [-0.4, -0.2) is 14.7 Å². The van der Waals surface area contributed by atoms with Crippen LogP contribution in [0.25, 0.3) is 15.9 Å². The summed E-state index contributed by atoms with van der Waals surface area (Å²) in [6.45, 7) is 4.70. The topological polar surface area (TPSA) is 53.2 Å². The van der Waals surface area contributed by atoms with Gasteiger partial charge in [0.05, 0.1) is 29.8 Å². The number of nitrogens with zero attached hydrogens (tertiary/aromatic N) is 2. The normalized spacial score (nSPS) is 15.1. The van der Waals surface area contributed by atoms with Crippen molar-refractivity contribution in [2.45, 2.75) is 39.0 Å². The number of hydrogen-bond acceptors (Lipinski definition) is 4. The van der Waals surface area contributed by atoms with E-state index in [1.54, 1.807) is 34.9 Å². The quantitative estimate of drug-likeness (QED) is 0.388. The molecular formula is C24H20Cl2N2O3S. The predicted octanol–water partition coefficient (Wildman–Crippen LogP) is 5.42. The van der Waals surface area contributed by atoms with Gasteiger partial charge in [-0.1, -0.05) is 41.4 Å². The zero-order valence-electron chi connectivity index (χ0n) is 17.5. The van der Waals surface area contributed by atoms with Gasteiger partial charge in [0.2, 0.25) is 0 Å². The van der Waals surface area contributed by atoms with Crippen LogP contribution in [0.4, 0.5) is 0 Å². The van der Waals surface area contributed by atoms with Crippen LogP contribution in [0, 0.1) is 0 Å². The van der Waals surface area contributed by atoms with Gasteiger partial charge in [-0.3, -0.25) is 9.36 Å². The van der Waals surface area contributed by atoms with E-state index in [-0.39, 0.29) is 17.7 Å². The van der Waals surface area contributed by atoms with Crippen molar-refractivity contribution in [3.8, 4) is 5.69 Å². The minimum atomic E-state index is -0.413. The number of thiophene rings is 1. The van der Waals surface area contributed by atoms with Gasteiger partial charge in [-0.15, -0.1) is 11.3 Å². The van der Waals surface area contributed by atoms with Crippen molar-refractivity contribution < 1.29 is 4.74 Å². The molecule has 0 fully saturated rings. The minimum Gasteiger partial charge on any atom is -0.370 e. The molecule has 0 aliphatic carbocycles. The lowest BCUT2D eigenvalue weighted by Gasteiger charge is -2.29. The standard InChI is InChI=1S/C24H20Cl2N2O3S/c1-24(2)11-17-19(13-31-24)32-22-20(17)21(29)28(16-9-7-15(25)8-10-16)23(30)27(22)12-14-5-3-4-6-18(14)26/h3-10H,11-13H2,1-2H3. The van der Waals surface area contributed by atoms with Crippen LogP contribution in [0.5, 0.6) is 0 Å². The van der Waals surface area contributed by atoms with Gasteiger partial charge < -0.3 is 4.74 Å². The Morgan fingerprint density at radius 3 is 2.50 bits per heavy atom. The molecule has 0 amide bonds. The predicted molar refractivity (Wildman–Crippen MR) is 130 cm³/mol. The average molecular weight is 487 g/mol. The maximum Gasteiger partial charge on any atom is 0.337 e. The van der Waals surface area contributed by atoms with Gasteiger partial charge in [0.15, 0.2) is 0 Å². The highest BCUT2D eigenvalue weighted by Gasteiger charge is 2.32. The van der Waals surface area contributed by atoms with E-state index in [1.807, 2.05) is 32.0 Å². The van der Waals surface area contributed by atoms with Crippen molar-refractivity contribution in [3.63, 3.8) is 0 Å². The van der Waals surface area contributed by atoms with Crippen LogP contribution in [0.3, 0.4) is 0 Å². The Balaban J connectivity index is 1.84. The second-order valence-corrected chi connectivity index (χ2v) is 10.4. The first kappa shape index (κ1) is 21.5. The molecule has 0 atom stereocenters. The highest BCUT2D eigenvalue weighted by molar-refractivity contribution is 7.18. The average Bonchev–Trinajstić information content (AvgIpc) is 3.11. The largest absolute Gasteiger partial charge is 0.370 e. The third-order valence-electron chi connectivity index (χ3n) is 5.72. The van der Waals surface area contributed by atoms with Crippen molar-refractivity contribution in [1.82, 2.24) is 9.13 Å². The zero-order valence-corrected chi connectivity index (χ0v) is 19.9. The van der Waals surface area contributed by atoms with E-state index in [2.05, 4.69) is 0 Å². The van der Waals surface area contributed by atoms with Crippen molar-refractivity contribution in [1.29, 1.82) is 0 Å². The molecule has 0 saturated heterocycles. The molecule has 5 rings (SSSR count). The fraction of sp³-hybridized carbons (Fsp3) is 0.250. The molecule has 0 unspecified atom stereocenters. The van der Waals surface area contributed by atoms with Crippen LogP contribution < -0.4 is 11.2 Å².